The van der Waals surface area contributed by atoms with Crippen LogP contribution in [0.5, 0.6) is 0 Å². The first-order chi connectivity index (χ1) is 11.7. The maximum atomic E-state index is 14.5. The fourth-order valence-electron chi connectivity index (χ4n) is 2.44. The van der Waals surface area contributed by atoms with Gasteiger partial charge in [0, 0.05) is 32.0 Å². The Hall–Kier alpha value is -3.23. The Balaban J connectivity index is 2.83. The number of benzene rings is 1. The molecule has 0 saturated carbocycles. The van der Waals surface area contributed by atoms with Crippen LogP contribution in [0.15, 0.2) is 23.1 Å². The number of carboxylic acid groups (broad SMARTS) is 1. The molecule has 0 aliphatic rings. The van der Waals surface area contributed by atoms with Gasteiger partial charge in [0.15, 0.2) is 5.43 Å². The molecule has 2 rings (SSSR count). The summed E-state index contributed by atoms with van der Waals surface area (Å²) in [4.78, 5) is 46.3. The number of carboxylic acids is 1. The van der Waals surface area contributed by atoms with Crippen LogP contribution in [0.2, 0.25) is 0 Å². The molecule has 0 unspecified atom stereocenters. The van der Waals surface area contributed by atoms with Crippen molar-refractivity contribution in [3.05, 3.63) is 39.9 Å². The number of pyridine rings is 1. The standard InChI is InChI=1S/C16H16FN3O5/c1-4-19-7-11(16(24)25)15(23)10-5-12(17)14(6-13(10)19)20(9(3)22)18-8(2)21/h5-7H,4H2,1-3H3,(H,18,21)(H,24,25)/p-1. The summed E-state index contributed by atoms with van der Waals surface area (Å²) < 4.78 is 15.9. The molecule has 2 aromatic rings. The third-order valence-corrected chi connectivity index (χ3v) is 3.53. The SMILES string of the molecule is CCn1cc(C(=O)[O-])c(=O)c2cc(F)c(N(NC(C)=O)C(C)=O)cc21. The van der Waals surface area contributed by atoms with Crippen LogP contribution < -0.4 is 21.0 Å². The minimum atomic E-state index is -1.66. The predicted molar refractivity (Wildman–Crippen MR) is 85.1 cm³/mol. The van der Waals surface area contributed by atoms with Crippen LogP contribution in [0.1, 0.15) is 31.1 Å². The minimum Gasteiger partial charge on any atom is -0.545 e. The smallest absolute Gasteiger partial charge is 0.242 e. The molecule has 1 aromatic carbocycles. The molecule has 1 aromatic heterocycles. The number of carbonyl (C=O) groups excluding carboxylic acids is 3. The number of aromatic nitrogens is 1. The van der Waals surface area contributed by atoms with Gasteiger partial charge in [-0.05, 0) is 19.1 Å². The van der Waals surface area contributed by atoms with Gasteiger partial charge in [0.1, 0.15) is 11.5 Å². The van der Waals surface area contributed by atoms with Crippen molar-refractivity contribution in [1.29, 1.82) is 0 Å². The second-order valence-electron chi connectivity index (χ2n) is 5.29. The molecule has 132 valence electrons. The molecule has 0 fully saturated rings. The van der Waals surface area contributed by atoms with E-state index in [4.69, 9.17) is 0 Å². The number of hydrazine groups is 1. The summed E-state index contributed by atoms with van der Waals surface area (Å²) in [6.07, 6.45) is 1.10. The number of fused-ring (bicyclic) bond motifs is 1. The van der Waals surface area contributed by atoms with Gasteiger partial charge in [0.25, 0.3) is 0 Å². The van der Waals surface area contributed by atoms with E-state index in [-0.39, 0.29) is 23.1 Å². The zero-order valence-electron chi connectivity index (χ0n) is 13.8. The Morgan fingerprint density at radius 1 is 1.28 bits per heavy atom. The van der Waals surface area contributed by atoms with E-state index >= 15 is 0 Å². The first-order valence-electron chi connectivity index (χ1n) is 7.33. The van der Waals surface area contributed by atoms with Crippen molar-refractivity contribution >= 4 is 34.4 Å². The average Bonchev–Trinajstić information content (AvgIpc) is 2.52. The van der Waals surface area contributed by atoms with E-state index in [1.165, 1.54) is 10.6 Å². The van der Waals surface area contributed by atoms with E-state index in [9.17, 15) is 28.7 Å². The second kappa shape index (κ2) is 6.71. The summed E-state index contributed by atoms with van der Waals surface area (Å²) in [5.74, 6) is -3.87. The van der Waals surface area contributed by atoms with Gasteiger partial charge in [0.2, 0.25) is 11.8 Å². The van der Waals surface area contributed by atoms with Crippen molar-refractivity contribution in [2.75, 3.05) is 5.01 Å². The third kappa shape index (κ3) is 3.35. The number of anilines is 1. The number of hydrogen-bond acceptors (Lipinski definition) is 5. The lowest BCUT2D eigenvalue weighted by Gasteiger charge is -2.22. The van der Waals surface area contributed by atoms with Gasteiger partial charge in [-0.1, -0.05) is 0 Å². The molecule has 1 heterocycles. The lowest BCUT2D eigenvalue weighted by Crippen LogP contribution is -2.45. The van der Waals surface area contributed by atoms with Crippen LogP contribution in [0.3, 0.4) is 0 Å². The zero-order chi connectivity index (χ0) is 18.9. The maximum absolute atomic E-state index is 14.5. The van der Waals surface area contributed by atoms with Gasteiger partial charge in [-0.15, -0.1) is 0 Å². The molecule has 25 heavy (non-hydrogen) atoms. The lowest BCUT2D eigenvalue weighted by molar-refractivity contribution is -0.255. The first-order valence-corrected chi connectivity index (χ1v) is 7.33. The number of nitrogens with zero attached hydrogens (tertiary/aromatic N) is 2. The highest BCUT2D eigenvalue weighted by Gasteiger charge is 2.20. The summed E-state index contributed by atoms with van der Waals surface area (Å²) in [5, 5.41) is 11.6. The summed E-state index contributed by atoms with van der Waals surface area (Å²) in [7, 11) is 0. The van der Waals surface area contributed by atoms with Gasteiger partial charge >= 0.3 is 0 Å². The van der Waals surface area contributed by atoms with E-state index < -0.39 is 34.6 Å². The maximum Gasteiger partial charge on any atom is 0.242 e. The van der Waals surface area contributed by atoms with Gasteiger partial charge in [-0.3, -0.25) is 19.8 Å². The molecule has 9 heteroatoms. The Kier molecular flexibility index (Phi) is 4.87. The van der Waals surface area contributed by atoms with Crippen LogP contribution in [0.25, 0.3) is 10.9 Å². The van der Waals surface area contributed by atoms with Crippen LogP contribution in [-0.2, 0) is 16.1 Å². The molecule has 2 amide bonds. The van der Waals surface area contributed by atoms with Crippen molar-refractivity contribution in [2.45, 2.75) is 27.3 Å². The second-order valence-corrected chi connectivity index (χ2v) is 5.29. The van der Waals surface area contributed by atoms with Crippen LogP contribution in [0.4, 0.5) is 10.1 Å². The van der Waals surface area contributed by atoms with Crippen molar-refractivity contribution < 1.29 is 23.9 Å². The molecular formula is C16H15FN3O5-. The van der Waals surface area contributed by atoms with Gasteiger partial charge < -0.3 is 14.5 Å². The molecule has 1 N–H and O–H groups in total. The number of aryl methyl sites for hydroxylation is 1. The van der Waals surface area contributed by atoms with Gasteiger partial charge in [0.05, 0.1) is 17.0 Å². The Labute approximate surface area is 141 Å². The first kappa shape index (κ1) is 18.1. The minimum absolute atomic E-state index is 0.170. The van der Waals surface area contributed by atoms with Crippen LogP contribution >= 0.6 is 0 Å². The highest BCUT2D eigenvalue weighted by atomic mass is 19.1. The topological polar surface area (TPSA) is 112 Å². The van der Waals surface area contributed by atoms with E-state index in [1.807, 2.05) is 0 Å². The summed E-state index contributed by atoms with van der Waals surface area (Å²) in [5.41, 5.74) is 0.663. The van der Waals surface area contributed by atoms with Gasteiger partial charge in [-0.2, -0.15) is 0 Å². The fourth-order valence-corrected chi connectivity index (χ4v) is 2.44. The zero-order valence-corrected chi connectivity index (χ0v) is 13.8. The average molecular weight is 348 g/mol. The van der Waals surface area contributed by atoms with Crippen molar-refractivity contribution in [3.63, 3.8) is 0 Å². The molecule has 0 atom stereocenters. The number of rotatable bonds is 3. The summed E-state index contributed by atoms with van der Waals surface area (Å²) in [6.45, 7) is 4.26. The van der Waals surface area contributed by atoms with Crippen molar-refractivity contribution in [3.8, 4) is 0 Å². The van der Waals surface area contributed by atoms with E-state index in [0.29, 0.717) is 5.01 Å². The van der Waals surface area contributed by atoms with E-state index in [1.54, 1.807) is 6.92 Å². The molecule has 0 aliphatic heterocycles. The van der Waals surface area contributed by atoms with E-state index in [0.717, 1.165) is 26.1 Å². The van der Waals surface area contributed by atoms with Crippen molar-refractivity contribution in [2.24, 2.45) is 0 Å². The Morgan fingerprint density at radius 3 is 2.40 bits per heavy atom. The Morgan fingerprint density at radius 2 is 1.92 bits per heavy atom. The molecule has 0 spiro atoms. The number of carbonyl (C=O) groups is 3. The lowest BCUT2D eigenvalue weighted by atomic mass is 10.1. The quantitative estimate of drug-likeness (QED) is 0.781. The monoisotopic (exact) mass is 348 g/mol. The normalized spacial score (nSPS) is 10.6. The predicted octanol–water partition coefficient (Wildman–Crippen LogP) is -0.0720. The van der Waals surface area contributed by atoms with Gasteiger partial charge in [-0.25, -0.2) is 9.40 Å². The third-order valence-electron chi connectivity index (χ3n) is 3.53. The summed E-state index contributed by atoms with van der Waals surface area (Å²) >= 11 is 0. The van der Waals surface area contributed by atoms with Crippen LogP contribution in [0, 0.1) is 5.82 Å². The van der Waals surface area contributed by atoms with Crippen LogP contribution in [-0.4, -0.2) is 22.4 Å². The molecule has 0 saturated heterocycles. The molecule has 0 radical (unpaired) electrons. The van der Waals surface area contributed by atoms with Crippen molar-refractivity contribution in [1.82, 2.24) is 9.99 Å². The summed E-state index contributed by atoms with van der Waals surface area (Å²) in [6, 6.07) is 2.04. The Bertz CT molecular complexity index is 951. The van der Waals surface area contributed by atoms with E-state index in [2.05, 4.69) is 5.43 Å². The molecular weight excluding hydrogens is 333 g/mol. The number of hydrogen-bond donors (Lipinski definition) is 1. The number of amides is 2. The highest BCUT2D eigenvalue weighted by Crippen LogP contribution is 2.24. The number of nitrogens with one attached hydrogen (secondary N) is 1. The fraction of sp³-hybridized carbons (Fsp3) is 0.250. The number of halogens is 1. The highest BCUT2D eigenvalue weighted by molar-refractivity contribution is 5.98. The molecule has 0 bridgehead atoms. The largest absolute Gasteiger partial charge is 0.545 e. The molecule has 8 nitrogen and oxygen atoms in total. The number of aromatic carboxylic acids is 1. The molecule has 0 aliphatic carbocycles.